The summed E-state index contributed by atoms with van der Waals surface area (Å²) in [5.41, 5.74) is 1.54. The minimum absolute atomic E-state index is 0.0263. The van der Waals surface area contributed by atoms with Crippen molar-refractivity contribution < 1.29 is 19.4 Å². The molecule has 0 amide bonds. The average molecular weight is 434 g/mol. The van der Waals surface area contributed by atoms with Crippen LogP contribution in [0.1, 0.15) is 72.1 Å². The number of fused-ring (bicyclic) bond motifs is 1. The number of rotatable bonds is 5. The fraction of sp³-hybridized carbons (Fsp3) is 0.885. The van der Waals surface area contributed by atoms with Crippen molar-refractivity contribution in [2.24, 2.45) is 28.6 Å². The van der Waals surface area contributed by atoms with Gasteiger partial charge in [-0.1, -0.05) is 26.0 Å². The number of nitrogens with zero attached hydrogens (tertiary/aromatic N) is 1. The first-order chi connectivity index (χ1) is 14.7. The summed E-state index contributed by atoms with van der Waals surface area (Å²) >= 11 is 0. The number of allylic oxidation sites excluding steroid dienone is 1. The van der Waals surface area contributed by atoms with Gasteiger partial charge < -0.3 is 14.6 Å². The molecule has 3 saturated carbocycles. The molecule has 4 rings (SSSR count). The molecule has 1 N–H and O–H groups in total. The molecule has 5 heteroatoms. The van der Waals surface area contributed by atoms with Crippen LogP contribution in [-0.4, -0.2) is 61.0 Å². The number of carbonyl (C=O) groups excluding carboxylic acids is 1. The first-order valence-corrected chi connectivity index (χ1v) is 12.6. The minimum atomic E-state index is -0.199. The lowest BCUT2D eigenvalue weighted by Crippen LogP contribution is -2.54. The maximum atomic E-state index is 12.2. The van der Waals surface area contributed by atoms with E-state index in [1.165, 1.54) is 5.57 Å². The smallest absolute Gasteiger partial charge is 0.302 e. The van der Waals surface area contributed by atoms with Crippen LogP contribution in [0.25, 0.3) is 0 Å². The largest absolute Gasteiger partial charge is 0.462 e. The molecule has 7 atom stereocenters. The van der Waals surface area contributed by atoms with Crippen LogP contribution >= 0.6 is 0 Å². The molecule has 4 aliphatic rings. The lowest BCUT2D eigenvalue weighted by Gasteiger charge is -2.56. The Bertz CT molecular complexity index is 674. The number of hydrogen-bond acceptors (Lipinski definition) is 5. The van der Waals surface area contributed by atoms with Crippen LogP contribution in [0.5, 0.6) is 0 Å². The number of carbonyl (C=O) groups is 1. The van der Waals surface area contributed by atoms with E-state index >= 15 is 0 Å². The standard InChI is InChI=1S/C26H43NO4/c1-18-5-6-22-24(31-19(2)28)23(8-11-25(18,22)3)26(4)10-7-21(29)17-20(26)9-12-27-13-15-30-16-14-27/h20-24,29H,1,5-17H2,2-4H3/t20-,21-,22?,23?,24?,25?,26-/m0/s1. The van der Waals surface area contributed by atoms with Gasteiger partial charge in [0.1, 0.15) is 6.10 Å². The molecule has 31 heavy (non-hydrogen) atoms. The van der Waals surface area contributed by atoms with Crippen LogP contribution in [0.4, 0.5) is 0 Å². The van der Waals surface area contributed by atoms with Crippen molar-refractivity contribution in [2.45, 2.75) is 84.3 Å². The molecular formula is C26H43NO4. The van der Waals surface area contributed by atoms with Gasteiger partial charge in [-0.15, -0.1) is 0 Å². The zero-order valence-corrected chi connectivity index (χ0v) is 19.9. The normalized spacial score (nSPS) is 44.1. The van der Waals surface area contributed by atoms with E-state index in [-0.39, 0.29) is 29.0 Å². The Balaban J connectivity index is 1.56. The first kappa shape index (κ1) is 23.3. The van der Waals surface area contributed by atoms with E-state index in [0.29, 0.717) is 17.8 Å². The molecule has 1 saturated heterocycles. The first-order valence-electron chi connectivity index (χ1n) is 12.6. The van der Waals surface area contributed by atoms with Crippen LogP contribution in [0.15, 0.2) is 12.2 Å². The highest BCUT2D eigenvalue weighted by Crippen LogP contribution is 2.62. The summed E-state index contributed by atoms with van der Waals surface area (Å²) in [4.78, 5) is 14.7. The van der Waals surface area contributed by atoms with Gasteiger partial charge in [-0.25, -0.2) is 0 Å². The van der Waals surface area contributed by atoms with Crippen LogP contribution in [0, 0.1) is 28.6 Å². The fourth-order valence-electron chi connectivity index (χ4n) is 7.54. The molecule has 0 aromatic heterocycles. The molecule has 176 valence electrons. The summed E-state index contributed by atoms with van der Waals surface area (Å²) in [5.74, 6) is 1.05. The maximum absolute atomic E-state index is 12.2. The molecule has 1 aliphatic heterocycles. The second-order valence-corrected chi connectivity index (χ2v) is 11.3. The Labute approximate surface area is 188 Å². The lowest BCUT2D eigenvalue weighted by atomic mass is 9.51. The fourth-order valence-corrected chi connectivity index (χ4v) is 7.54. The van der Waals surface area contributed by atoms with Gasteiger partial charge in [0, 0.05) is 31.8 Å². The summed E-state index contributed by atoms with van der Waals surface area (Å²) < 4.78 is 11.7. The second-order valence-electron chi connectivity index (χ2n) is 11.3. The summed E-state index contributed by atoms with van der Waals surface area (Å²) in [6.45, 7) is 15.5. The number of ether oxygens (including phenoxy) is 2. The van der Waals surface area contributed by atoms with E-state index in [2.05, 4.69) is 25.3 Å². The van der Waals surface area contributed by atoms with Gasteiger partial charge in [0.05, 0.1) is 19.3 Å². The average Bonchev–Trinajstić information content (AvgIpc) is 3.04. The molecule has 5 nitrogen and oxygen atoms in total. The molecule has 0 spiro atoms. The highest BCUT2D eigenvalue weighted by atomic mass is 16.5. The van der Waals surface area contributed by atoms with E-state index < -0.39 is 0 Å². The highest BCUT2D eigenvalue weighted by Gasteiger charge is 2.58. The Morgan fingerprint density at radius 3 is 2.65 bits per heavy atom. The number of morpholine rings is 1. The van der Waals surface area contributed by atoms with Crippen molar-refractivity contribution in [3.8, 4) is 0 Å². The number of aliphatic hydroxyl groups excluding tert-OH is 1. The maximum Gasteiger partial charge on any atom is 0.302 e. The third-order valence-corrected chi connectivity index (χ3v) is 9.70. The van der Waals surface area contributed by atoms with Crippen LogP contribution < -0.4 is 0 Å². The Morgan fingerprint density at radius 2 is 1.94 bits per heavy atom. The van der Waals surface area contributed by atoms with Crippen molar-refractivity contribution in [1.82, 2.24) is 4.90 Å². The molecule has 4 fully saturated rings. The van der Waals surface area contributed by atoms with Crippen LogP contribution in [0.2, 0.25) is 0 Å². The second kappa shape index (κ2) is 9.15. The molecule has 0 aromatic carbocycles. The monoisotopic (exact) mass is 433 g/mol. The van der Waals surface area contributed by atoms with Gasteiger partial charge in [0.15, 0.2) is 0 Å². The molecule has 0 bridgehead atoms. The summed E-state index contributed by atoms with van der Waals surface area (Å²) in [6.07, 6.45) is 8.01. The van der Waals surface area contributed by atoms with Gasteiger partial charge in [-0.2, -0.15) is 0 Å². The third-order valence-electron chi connectivity index (χ3n) is 9.70. The van der Waals surface area contributed by atoms with Crippen molar-refractivity contribution in [3.05, 3.63) is 12.2 Å². The molecule has 4 unspecified atom stereocenters. The third kappa shape index (κ3) is 4.47. The van der Waals surface area contributed by atoms with E-state index in [1.54, 1.807) is 6.92 Å². The van der Waals surface area contributed by atoms with Crippen molar-refractivity contribution in [3.63, 3.8) is 0 Å². The van der Waals surface area contributed by atoms with Crippen molar-refractivity contribution in [1.29, 1.82) is 0 Å². The topological polar surface area (TPSA) is 59.0 Å². The number of esters is 1. The summed E-state index contributed by atoms with van der Waals surface area (Å²) in [6, 6.07) is 0. The summed E-state index contributed by atoms with van der Waals surface area (Å²) in [5, 5.41) is 10.6. The van der Waals surface area contributed by atoms with Gasteiger partial charge in [-0.05, 0) is 74.7 Å². The molecular weight excluding hydrogens is 390 g/mol. The molecule has 1 heterocycles. The molecule has 0 aromatic rings. The van der Waals surface area contributed by atoms with Gasteiger partial charge in [0.2, 0.25) is 0 Å². The lowest BCUT2D eigenvalue weighted by molar-refractivity contribution is -0.173. The molecule has 0 radical (unpaired) electrons. The minimum Gasteiger partial charge on any atom is -0.462 e. The van der Waals surface area contributed by atoms with Crippen molar-refractivity contribution in [2.75, 3.05) is 32.8 Å². The van der Waals surface area contributed by atoms with Gasteiger partial charge >= 0.3 is 5.97 Å². The predicted octanol–water partition coefficient (Wildman–Crippen LogP) is 4.19. The summed E-state index contributed by atoms with van der Waals surface area (Å²) in [7, 11) is 0. The number of hydrogen-bond donors (Lipinski definition) is 1. The van der Waals surface area contributed by atoms with E-state index in [0.717, 1.165) is 84.2 Å². The Hall–Kier alpha value is -0.910. The zero-order valence-electron chi connectivity index (χ0n) is 19.9. The van der Waals surface area contributed by atoms with Gasteiger partial charge in [0.25, 0.3) is 0 Å². The molecule has 3 aliphatic carbocycles. The van der Waals surface area contributed by atoms with E-state index in [9.17, 15) is 9.90 Å². The quantitative estimate of drug-likeness (QED) is 0.520. The number of aliphatic hydroxyl groups is 1. The van der Waals surface area contributed by atoms with Crippen LogP contribution in [0.3, 0.4) is 0 Å². The van der Waals surface area contributed by atoms with Gasteiger partial charge in [-0.3, -0.25) is 9.69 Å². The zero-order chi connectivity index (χ0) is 22.2. The Morgan fingerprint density at radius 1 is 1.19 bits per heavy atom. The highest BCUT2D eigenvalue weighted by molar-refractivity contribution is 5.66. The Kier molecular flexibility index (Phi) is 6.86. The van der Waals surface area contributed by atoms with Crippen molar-refractivity contribution >= 4 is 5.97 Å². The van der Waals surface area contributed by atoms with Crippen LogP contribution in [-0.2, 0) is 14.3 Å². The van der Waals surface area contributed by atoms with E-state index in [1.807, 2.05) is 0 Å². The SMILES string of the molecule is C=C1CCC2C(OC(C)=O)C([C@@]3(C)CC[C@H](O)C[C@@H]3CCN3CCOCC3)CCC12C. The predicted molar refractivity (Wildman–Crippen MR) is 122 cm³/mol. The van der Waals surface area contributed by atoms with E-state index in [4.69, 9.17) is 9.47 Å².